The number of hydrogen-bond acceptors (Lipinski definition) is 6. The average Bonchev–Trinajstić information content (AvgIpc) is 3.23. The van der Waals surface area contributed by atoms with E-state index in [4.69, 9.17) is 9.47 Å². The number of carbonyl (C=O) groups is 1. The molecule has 0 spiro atoms. The highest BCUT2D eigenvalue weighted by molar-refractivity contribution is 5.94. The zero-order valence-electron chi connectivity index (χ0n) is 18.1. The van der Waals surface area contributed by atoms with Crippen LogP contribution < -0.4 is 14.9 Å². The van der Waals surface area contributed by atoms with Gasteiger partial charge in [-0.15, -0.1) is 0 Å². The van der Waals surface area contributed by atoms with E-state index in [9.17, 15) is 4.79 Å². The summed E-state index contributed by atoms with van der Waals surface area (Å²) in [6, 6.07) is 9.63. The van der Waals surface area contributed by atoms with Crippen molar-refractivity contribution in [3.63, 3.8) is 0 Å². The number of aromatic nitrogens is 1. The molecular formula is C23H30N4O3. The minimum atomic E-state index is -0.0163. The van der Waals surface area contributed by atoms with Gasteiger partial charge in [-0.1, -0.05) is 19.9 Å². The van der Waals surface area contributed by atoms with Gasteiger partial charge < -0.3 is 19.4 Å². The van der Waals surface area contributed by atoms with Crippen molar-refractivity contribution in [3.8, 4) is 11.6 Å². The van der Waals surface area contributed by atoms with Gasteiger partial charge in [0.2, 0.25) is 5.88 Å². The van der Waals surface area contributed by atoms with Gasteiger partial charge in [-0.05, 0) is 41.3 Å². The summed E-state index contributed by atoms with van der Waals surface area (Å²) in [6.07, 6.45) is 4.45. The third-order valence-corrected chi connectivity index (χ3v) is 5.03. The van der Waals surface area contributed by atoms with Gasteiger partial charge in [0.1, 0.15) is 12.4 Å². The van der Waals surface area contributed by atoms with E-state index in [0.717, 1.165) is 24.3 Å². The van der Waals surface area contributed by atoms with Gasteiger partial charge in [-0.3, -0.25) is 4.79 Å². The van der Waals surface area contributed by atoms with Crippen LogP contribution in [0.2, 0.25) is 0 Å². The first-order chi connectivity index (χ1) is 14.6. The number of methoxy groups -OCH3 is 1. The largest absolute Gasteiger partial charge is 0.489 e. The Kier molecular flexibility index (Phi) is 7.30. The number of benzene rings is 1. The van der Waals surface area contributed by atoms with E-state index in [1.165, 1.54) is 11.1 Å². The van der Waals surface area contributed by atoms with Gasteiger partial charge in [0, 0.05) is 45.1 Å². The molecule has 0 atom stereocenters. The second-order valence-electron chi connectivity index (χ2n) is 7.02. The number of hydrazine groups is 1. The predicted molar refractivity (Wildman–Crippen MR) is 116 cm³/mol. The summed E-state index contributed by atoms with van der Waals surface area (Å²) in [5.41, 5.74) is 7.37. The van der Waals surface area contributed by atoms with Crippen LogP contribution in [0.3, 0.4) is 0 Å². The number of nitrogens with zero attached hydrogens (tertiary/aromatic N) is 3. The molecule has 2 aliphatic heterocycles. The zero-order chi connectivity index (χ0) is 21.5. The number of hydrogen-bond donors (Lipinski definition) is 1. The molecule has 0 saturated carbocycles. The van der Waals surface area contributed by atoms with Gasteiger partial charge in [0.05, 0.1) is 12.7 Å². The van der Waals surface area contributed by atoms with E-state index in [1.54, 1.807) is 25.4 Å². The van der Waals surface area contributed by atoms with Crippen molar-refractivity contribution in [3.05, 3.63) is 65.0 Å². The maximum absolute atomic E-state index is 12.8. The highest BCUT2D eigenvalue weighted by Gasteiger charge is 2.22. The molecule has 0 aliphatic carbocycles. The molecule has 1 aromatic heterocycles. The fraction of sp³-hybridized carbons (Fsp3) is 0.391. The summed E-state index contributed by atoms with van der Waals surface area (Å²) in [7, 11) is 3.53. The summed E-state index contributed by atoms with van der Waals surface area (Å²) in [5.74, 6) is 1.31. The number of rotatable bonds is 5. The van der Waals surface area contributed by atoms with Crippen LogP contribution in [0.4, 0.5) is 0 Å². The smallest absolute Gasteiger partial charge is 0.255 e. The Balaban J connectivity index is 0.00000124. The molecule has 1 amide bonds. The first-order valence-corrected chi connectivity index (χ1v) is 10.3. The first kappa shape index (κ1) is 21.6. The summed E-state index contributed by atoms with van der Waals surface area (Å²) in [6.45, 7) is 6.63. The predicted octanol–water partition coefficient (Wildman–Crippen LogP) is 3.03. The second kappa shape index (κ2) is 10.1. The standard InChI is InChI=1S/C21H24N4O3.C2H6/c1-24-12-15(10-23-24)14-28-19-5-3-16-7-8-25(13-18(16)9-19)21(26)17-4-6-20(27-2)22-11-17;1-2/h3-6,9,11-12,23H,7-8,10,13-14H2,1-2H3;1-2H3. The van der Waals surface area contributed by atoms with Crippen LogP contribution >= 0.6 is 0 Å². The number of fused-ring (bicyclic) bond motifs is 1. The van der Waals surface area contributed by atoms with Gasteiger partial charge in [-0.2, -0.15) is 0 Å². The summed E-state index contributed by atoms with van der Waals surface area (Å²) in [4.78, 5) is 18.8. The van der Waals surface area contributed by atoms with E-state index < -0.39 is 0 Å². The van der Waals surface area contributed by atoms with E-state index in [2.05, 4.69) is 16.5 Å². The molecule has 1 N–H and O–H groups in total. The molecule has 3 heterocycles. The number of amides is 1. The lowest BCUT2D eigenvalue weighted by atomic mass is 9.99. The molecule has 7 heteroatoms. The van der Waals surface area contributed by atoms with Gasteiger partial charge in [0.15, 0.2) is 0 Å². The SMILES string of the molecule is CC.COc1ccc(C(=O)N2CCc3ccc(OCC4=CN(C)NC4)cc3C2)cn1. The second-order valence-corrected chi connectivity index (χ2v) is 7.02. The fourth-order valence-electron chi connectivity index (χ4n) is 3.46. The highest BCUT2D eigenvalue weighted by atomic mass is 16.5. The third-order valence-electron chi connectivity index (χ3n) is 5.03. The first-order valence-electron chi connectivity index (χ1n) is 10.3. The van der Waals surface area contributed by atoms with Crippen molar-refractivity contribution in [2.24, 2.45) is 0 Å². The monoisotopic (exact) mass is 410 g/mol. The molecule has 1 aromatic carbocycles. The Morgan fingerprint density at radius 2 is 2.03 bits per heavy atom. The average molecular weight is 411 g/mol. The number of carbonyl (C=O) groups excluding carboxylic acids is 1. The molecule has 0 fully saturated rings. The Hall–Kier alpha value is -3.06. The molecule has 2 aromatic rings. The Bertz CT molecular complexity index is 896. The molecule has 4 rings (SSSR count). The minimum Gasteiger partial charge on any atom is -0.489 e. The minimum absolute atomic E-state index is 0.0163. The summed E-state index contributed by atoms with van der Waals surface area (Å²) in [5, 5.41) is 1.93. The van der Waals surface area contributed by atoms with Gasteiger partial charge in [0.25, 0.3) is 5.91 Å². The Morgan fingerprint density at radius 1 is 1.20 bits per heavy atom. The van der Waals surface area contributed by atoms with Crippen molar-refractivity contribution in [1.29, 1.82) is 0 Å². The molecule has 160 valence electrons. The maximum Gasteiger partial charge on any atom is 0.255 e. The van der Waals surface area contributed by atoms with E-state index in [-0.39, 0.29) is 5.91 Å². The lowest BCUT2D eigenvalue weighted by molar-refractivity contribution is 0.0734. The van der Waals surface area contributed by atoms with Crippen molar-refractivity contribution in [2.45, 2.75) is 26.8 Å². The Labute approximate surface area is 178 Å². The lowest BCUT2D eigenvalue weighted by Crippen LogP contribution is -2.36. The lowest BCUT2D eigenvalue weighted by Gasteiger charge is -2.29. The van der Waals surface area contributed by atoms with Crippen molar-refractivity contribution in [1.82, 2.24) is 20.3 Å². The molecule has 30 heavy (non-hydrogen) atoms. The van der Waals surface area contributed by atoms with Crippen LogP contribution in [0, 0.1) is 0 Å². The molecule has 7 nitrogen and oxygen atoms in total. The molecule has 2 aliphatic rings. The fourth-order valence-corrected chi connectivity index (χ4v) is 3.46. The molecule has 0 unspecified atom stereocenters. The maximum atomic E-state index is 12.8. The third kappa shape index (κ3) is 5.10. The van der Waals surface area contributed by atoms with Crippen LogP contribution in [0.1, 0.15) is 35.3 Å². The molecular weight excluding hydrogens is 380 g/mol. The van der Waals surface area contributed by atoms with Crippen LogP contribution in [0.25, 0.3) is 0 Å². The summed E-state index contributed by atoms with van der Waals surface area (Å²) >= 11 is 0. The van der Waals surface area contributed by atoms with Crippen molar-refractivity contribution < 1.29 is 14.3 Å². The number of ether oxygens (including phenoxy) is 2. The quantitative estimate of drug-likeness (QED) is 0.817. The van der Waals surface area contributed by atoms with Crippen molar-refractivity contribution >= 4 is 5.91 Å². The summed E-state index contributed by atoms with van der Waals surface area (Å²) < 4.78 is 11.0. The van der Waals surface area contributed by atoms with Crippen molar-refractivity contribution in [2.75, 3.05) is 33.9 Å². The molecule has 0 saturated heterocycles. The number of nitrogens with one attached hydrogen (secondary N) is 1. The topological polar surface area (TPSA) is 66.9 Å². The van der Waals surface area contributed by atoms with Crippen LogP contribution in [-0.4, -0.2) is 54.7 Å². The van der Waals surface area contributed by atoms with Crippen LogP contribution in [0.15, 0.2) is 48.3 Å². The van der Waals surface area contributed by atoms with E-state index in [1.807, 2.05) is 49.1 Å². The zero-order valence-corrected chi connectivity index (χ0v) is 18.1. The Morgan fingerprint density at radius 3 is 2.70 bits per heavy atom. The molecule has 0 radical (unpaired) electrons. The van der Waals surface area contributed by atoms with E-state index >= 15 is 0 Å². The van der Waals surface area contributed by atoms with Crippen LogP contribution in [0.5, 0.6) is 11.6 Å². The van der Waals surface area contributed by atoms with E-state index in [0.29, 0.717) is 31.1 Å². The van der Waals surface area contributed by atoms with Crippen LogP contribution in [-0.2, 0) is 13.0 Å². The highest BCUT2D eigenvalue weighted by Crippen LogP contribution is 2.25. The normalized spacial score (nSPS) is 15.0. The van der Waals surface area contributed by atoms with Gasteiger partial charge in [-0.25, -0.2) is 10.4 Å². The number of pyridine rings is 1. The molecule has 0 bridgehead atoms. The van der Waals surface area contributed by atoms with Gasteiger partial charge >= 0.3 is 0 Å².